The first-order valence-electron chi connectivity index (χ1n) is 15.9. The third-order valence-electron chi connectivity index (χ3n) is 8.63. The highest BCUT2D eigenvalue weighted by atomic mass is 32.1. The number of thiazole rings is 1. The summed E-state index contributed by atoms with van der Waals surface area (Å²) < 4.78 is 5.24. The Labute approximate surface area is 275 Å². The maximum Gasteiger partial charge on any atom is 0.246 e. The molecule has 3 amide bonds. The molecule has 13 heteroatoms. The van der Waals surface area contributed by atoms with Crippen LogP contribution in [0.3, 0.4) is 0 Å². The van der Waals surface area contributed by atoms with Crippen molar-refractivity contribution in [1.29, 1.82) is 0 Å². The highest BCUT2D eigenvalue weighted by Gasteiger charge is 2.44. The number of aromatic nitrogens is 1. The van der Waals surface area contributed by atoms with E-state index in [4.69, 9.17) is 4.74 Å². The molecule has 12 nitrogen and oxygen atoms in total. The lowest BCUT2D eigenvalue weighted by molar-refractivity contribution is -0.144. The van der Waals surface area contributed by atoms with Crippen LogP contribution in [0.5, 0.6) is 0 Å². The van der Waals surface area contributed by atoms with Gasteiger partial charge in [0, 0.05) is 45.7 Å². The zero-order valence-electron chi connectivity index (χ0n) is 27.5. The Morgan fingerprint density at radius 1 is 1.11 bits per heavy atom. The summed E-state index contributed by atoms with van der Waals surface area (Å²) in [5, 5.41) is 16.5. The minimum atomic E-state index is -0.878. The number of nitrogens with zero attached hydrogens (tertiary/aromatic N) is 4. The number of aliphatic hydroxyl groups excluding tert-OH is 1. The van der Waals surface area contributed by atoms with Crippen LogP contribution in [0, 0.1) is 12.3 Å². The molecule has 4 rings (SSSR count). The van der Waals surface area contributed by atoms with E-state index in [0.717, 1.165) is 47.6 Å². The van der Waals surface area contributed by atoms with E-state index in [9.17, 15) is 24.3 Å². The van der Waals surface area contributed by atoms with Gasteiger partial charge in [-0.1, -0.05) is 45.0 Å². The van der Waals surface area contributed by atoms with E-state index in [1.807, 2.05) is 69.3 Å². The zero-order chi connectivity index (χ0) is 33.4. The molecular weight excluding hydrogens is 608 g/mol. The Morgan fingerprint density at radius 3 is 2.39 bits per heavy atom. The third kappa shape index (κ3) is 9.41. The number of rotatable bonds is 13. The summed E-state index contributed by atoms with van der Waals surface area (Å²) in [6, 6.07) is 5.92. The minimum absolute atomic E-state index is 0.0230. The fourth-order valence-corrected chi connectivity index (χ4v) is 6.73. The van der Waals surface area contributed by atoms with Crippen molar-refractivity contribution in [3.63, 3.8) is 0 Å². The monoisotopic (exact) mass is 656 g/mol. The predicted molar refractivity (Wildman–Crippen MR) is 176 cm³/mol. The summed E-state index contributed by atoms with van der Waals surface area (Å²) in [7, 11) is 0. The van der Waals surface area contributed by atoms with E-state index >= 15 is 0 Å². The number of aliphatic hydroxyl groups is 1. The maximum atomic E-state index is 14.0. The molecule has 2 aliphatic rings. The Hall–Kier alpha value is -3.23. The Kier molecular flexibility index (Phi) is 12.4. The molecule has 0 aliphatic carbocycles. The summed E-state index contributed by atoms with van der Waals surface area (Å²) in [5.41, 5.74) is 4.14. The van der Waals surface area contributed by atoms with Crippen molar-refractivity contribution in [2.75, 3.05) is 59.0 Å². The predicted octanol–water partition coefficient (Wildman–Crippen LogP) is 1.62. The Morgan fingerprint density at radius 2 is 1.78 bits per heavy atom. The van der Waals surface area contributed by atoms with Gasteiger partial charge in [0.25, 0.3) is 0 Å². The fraction of sp³-hybridized carbons (Fsp3) is 0.606. The number of amides is 3. The average Bonchev–Trinajstić information content (AvgIpc) is 3.63. The van der Waals surface area contributed by atoms with Gasteiger partial charge in [-0.2, -0.15) is 0 Å². The van der Waals surface area contributed by atoms with E-state index < -0.39 is 23.6 Å². The number of hydrogen-bond acceptors (Lipinski definition) is 10. The average molecular weight is 657 g/mol. The topological polar surface area (TPSA) is 144 Å². The van der Waals surface area contributed by atoms with Gasteiger partial charge < -0.3 is 30.2 Å². The molecule has 3 N–H and O–H groups in total. The molecule has 252 valence electrons. The van der Waals surface area contributed by atoms with Crippen LogP contribution in [-0.4, -0.2) is 126 Å². The number of β-amino-alcohol motifs (C(OH)–C–C–N with tert-alkyl or cyclic N) is 1. The molecule has 2 saturated heterocycles. The molecule has 2 aliphatic heterocycles. The van der Waals surface area contributed by atoms with Crippen molar-refractivity contribution in [3.05, 3.63) is 41.0 Å². The highest BCUT2D eigenvalue weighted by Crippen LogP contribution is 2.29. The molecule has 1 aromatic heterocycles. The van der Waals surface area contributed by atoms with Crippen LogP contribution >= 0.6 is 11.3 Å². The van der Waals surface area contributed by atoms with Crippen LogP contribution in [0.15, 0.2) is 29.8 Å². The number of benzene rings is 1. The van der Waals surface area contributed by atoms with Crippen LogP contribution in [-0.2, 0) is 23.9 Å². The number of ether oxygens (including phenoxy) is 1. The largest absolute Gasteiger partial charge is 0.391 e. The molecule has 4 atom stereocenters. The third-order valence-corrected chi connectivity index (χ3v) is 9.61. The van der Waals surface area contributed by atoms with Crippen LogP contribution < -0.4 is 10.6 Å². The first-order chi connectivity index (χ1) is 21.9. The number of nitrogens with one attached hydrogen (secondary N) is 2. The van der Waals surface area contributed by atoms with Crippen LogP contribution in [0.1, 0.15) is 51.4 Å². The van der Waals surface area contributed by atoms with Crippen molar-refractivity contribution in [3.8, 4) is 10.4 Å². The normalized spacial score (nSPS) is 20.7. The van der Waals surface area contributed by atoms with Crippen molar-refractivity contribution >= 4 is 35.3 Å². The van der Waals surface area contributed by atoms with E-state index in [0.29, 0.717) is 19.7 Å². The lowest BCUT2D eigenvalue weighted by Gasteiger charge is -2.37. The molecule has 0 spiro atoms. The number of carbonyl (C=O) groups excluding carboxylic acids is 4. The van der Waals surface area contributed by atoms with Gasteiger partial charge in [0.2, 0.25) is 17.7 Å². The molecule has 2 fully saturated rings. The Bertz CT molecular complexity index is 1340. The van der Waals surface area contributed by atoms with Crippen molar-refractivity contribution in [1.82, 2.24) is 30.3 Å². The number of aryl methyl sites for hydroxylation is 1. The van der Waals surface area contributed by atoms with Crippen molar-refractivity contribution in [2.24, 2.45) is 5.41 Å². The standard InChI is InChI=1S/C33H48N6O6S/c1-22(24-6-8-25(9-7-24)29-23(2)34-21-46-29)35-31(43)27-18-26(41)19-39(27)32(44)30(33(3,4)5)36-28(42)20-38-12-10-37(11-13-38)14-16-45-17-15-40/h6-9,15,21-22,26-27,30,41H,10-14,16-20H2,1-5H3,(H,35,43)(H,36,42)/t22-,26+,27-,30?/m0/s1. The van der Waals surface area contributed by atoms with Gasteiger partial charge in [-0.25, -0.2) is 4.98 Å². The van der Waals surface area contributed by atoms with Crippen LogP contribution in [0.25, 0.3) is 10.4 Å². The second kappa shape index (κ2) is 16.1. The summed E-state index contributed by atoms with van der Waals surface area (Å²) in [4.78, 5) is 62.2. The molecular formula is C33H48N6O6S. The number of aldehydes is 1. The molecule has 46 heavy (non-hydrogen) atoms. The van der Waals surface area contributed by atoms with Gasteiger partial charge in [-0.15, -0.1) is 11.3 Å². The van der Waals surface area contributed by atoms with Gasteiger partial charge in [0.15, 0.2) is 0 Å². The van der Waals surface area contributed by atoms with Gasteiger partial charge in [-0.3, -0.25) is 24.2 Å². The van der Waals surface area contributed by atoms with E-state index in [-0.39, 0.29) is 49.9 Å². The van der Waals surface area contributed by atoms with Crippen molar-refractivity contribution in [2.45, 2.75) is 65.3 Å². The fourth-order valence-electron chi connectivity index (χ4n) is 5.92. The summed E-state index contributed by atoms with van der Waals surface area (Å²) in [5.74, 6) is -0.981. The van der Waals surface area contributed by atoms with Gasteiger partial charge in [-0.05, 0) is 30.4 Å². The van der Waals surface area contributed by atoms with E-state index in [1.165, 1.54) is 4.90 Å². The second-order valence-electron chi connectivity index (χ2n) is 13.2. The van der Waals surface area contributed by atoms with Crippen LogP contribution in [0.2, 0.25) is 0 Å². The maximum absolute atomic E-state index is 14.0. The number of carbonyl (C=O) groups is 4. The first kappa shape index (κ1) is 35.6. The summed E-state index contributed by atoms with van der Waals surface area (Å²) in [6.07, 6.45) is 0.0247. The summed E-state index contributed by atoms with van der Waals surface area (Å²) >= 11 is 1.58. The van der Waals surface area contributed by atoms with Gasteiger partial charge in [0.05, 0.1) is 41.4 Å². The molecule has 2 aromatic rings. The van der Waals surface area contributed by atoms with Gasteiger partial charge >= 0.3 is 0 Å². The lowest BCUT2D eigenvalue weighted by Crippen LogP contribution is -2.59. The molecule has 1 aromatic carbocycles. The second-order valence-corrected chi connectivity index (χ2v) is 14.1. The quantitative estimate of drug-likeness (QED) is 0.217. The highest BCUT2D eigenvalue weighted by molar-refractivity contribution is 7.13. The van der Waals surface area contributed by atoms with Gasteiger partial charge in [0.1, 0.15) is 25.0 Å². The molecule has 0 bridgehead atoms. The van der Waals surface area contributed by atoms with E-state index in [2.05, 4.69) is 20.5 Å². The molecule has 0 radical (unpaired) electrons. The number of piperazine rings is 1. The zero-order valence-corrected chi connectivity index (χ0v) is 28.3. The molecule has 1 unspecified atom stereocenters. The summed E-state index contributed by atoms with van der Waals surface area (Å²) in [6.45, 7) is 13.9. The lowest BCUT2D eigenvalue weighted by atomic mass is 9.85. The van der Waals surface area contributed by atoms with Crippen LogP contribution in [0.4, 0.5) is 0 Å². The Balaban J connectivity index is 1.34. The number of hydrogen-bond donors (Lipinski definition) is 3. The molecule has 3 heterocycles. The number of likely N-dealkylation sites (tertiary alicyclic amines) is 1. The van der Waals surface area contributed by atoms with E-state index in [1.54, 1.807) is 11.3 Å². The smallest absolute Gasteiger partial charge is 0.246 e. The SMILES string of the molecule is Cc1ncsc1-c1ccc([C@H](C)NC(=O)[C@@H]2C[C@@H](O)CN2C(=O)C(NC(=O)CN2CCN(CCOCC=O)CC2)C(C)(C)C)cc1. The molecule has 0 saturated carbocycles. The van der Waals surface area contributed by atoms with Crippen molar-refractivity contribution < 1.29 is 29.0 Å². The first-order valence-corrected chi connectivity index (χ1v) is 16.8. The minimum Gasteiger partial charge on any atom is -0.391 e.